The third-order valence-electron chi connectivity index (χ3n) is 5.64. The minimum atomic E-state index is -0.267. The van der Waals surface area contributed by atoms with E-state index in [0.717, 1.165) is 21.1 Å². The molecule has 0 unspecified atom stereocenters. The number of anilines is 4. The molecule has 0 radical (unpaired) electrons. The number of nitrogens with one attached hydrogen (secondary N) is 2. The quantitative estimate of drug-likeness (QED) is 0.159. The first-order valence-corrected chi connectivity index (χ1v) is 13.6. The highest BCUT2D eigenvalue weighted by atomic mass is 32.1. The van der Waals surface area contributed by atoms with E-state index >= 15 is 0 Å². The Kier molecular flexibility index (Phi) is 7.99. The highest BCUT2D eigenvalue weighted by molar-refractivity contribution is 7.23. The van der Waals surface area contributed by atoms with Gasteiger partial charge in [-0.25, -0.2) is 9.97 Å². The second kappa shape index (κ2) is 11.9. The molecule has 0 aliphatic rings. The standard InChI is InChI=1S/C28H25N5O5S2/c1-35-21-13-18(14-22(36-2)24(21)37-3)31-28-33-26(29)25(40-28)27-32-20(15-39-27)16-6-4-7-17(12-16)30-23(34)10-9-19-8-5-11-38-19/h4-15H,29H2,1-3H3,(H,30,34)(H,31,33). The largest absolute Gasteiger partial charge is 0.493 e. The number of ether oxygens (including phenoxy) is 3. The number of methoxy groups -OCH3 is 3. The van der Waals surface area contributed by atoms with Crippen LogP contribution in [0.2, 0.25) is 0 Å². The van der Waals surface area contributed by atoms with Gasteiger partial charge in [0, 0.05) is 40.5 Å². The normalized spacial score (nSPS) is 11.0. The molecule has 2 aromatic carbocycles. The van der Waals surface area contributed by atoms with Crippen molar-refractivity contribution in [3.63, 3.8) is 0 Å². The number of nitrogens with zero attached hydrogens (tertiary/aromatic N) is 2. The van der Waals surface area contributed by atoms with Gasteiger partial charge in [-0.1, -0.05) is 23.5 Å². The van der Waals surface area contributed by atoms with Gasteiger partial charge in [0.05, 0.1) is 33.3 Å². The average Bonchev–Trinajstić information content (AvgIpc) is 3.73. The summed E-state index contributed by atoms with van der Waals surface area (Å²) >= 11 is 2.84. The number of carbonyl (C=O) groups excluding carboxylic acids is 1. The number of furan rings is 1. The first kappa shape index (κ1) is 26.8. The fraction of sp³-hybridized carbons (Fsp3) is 0.107. The summed E-state index contributed by atoms with van der Waals surface area (Å²) < 4.78 is 21.5. The van der Waals surface area contributed by atoms with E-state index in [1.165, 1.54) is 28.7 Å². The van der Waals surface area contributed by atoms with Crippen molar-refractivity contribution in [3.05, 3.63) is 72.0 Å². The Balaban J connectivity index is 1.32. The van der Waals surface area contributed by atoms with Crippen molar-refractivity contribution >= 4 is 57.0 Å². The van der Waals surface area contributed by atoms with Crippen molar-refractivity contribution < 1.29 is 23.4 Å². The lowest BCUT2D eigenvalue weighted by Gasteiger charge is -2.14. The Hall–Kier alpha value is -4.81. The summed E-state index contributed by atoms with van der Waals surface area (Å²) in [6, 6.07) is 14.6. The molecule has 12 heteroatoms. The number of nitrogen functional groups attached to an aromatic ring is 1. The van der Waals surface area contributed by atoms with Crippen LogP contribution in [-0.4, -0.2) is 37.2 Å². The zero-order valence-electron chi connectivity index (χ0n) is 21.8. The molecule has 5 rings (SSSR count). The molecule has 0 saturated heterocycles. The van der Waals surface area contributed by atoms with E-state index in [-0.39, 0.29) is 5.91 Å². The SMILES string of the molecule is COc1cc(Nc2nc(N)c(-c3nc(-c4cccc(NC(=O)C=Cc5ccco5)c4)cs3)s2)cc(OC)c1OC. The maximum atomic E-state index is 12.3. The lowest BCUT2D eigenvalue weighted by atomic mass is 10.1. The van der Waals surface area contributed by atoms with Crippen LogP contribution in [0, 0.1) is 0 Å². The number of rotatable bonds is 10. The van der Waals surface area contributed by atoms with Crippen molar-refractivity contribution in [2.45, 2.75) is 0 Å². The smallest absolute Gasteiger partial charge is 0.248 e. The monoisotopic (exact) mass is 575 g/mol. The molecule has 0 aliphatic carbocycles. The summed E-state index contributed by atoms with van der Waals surface area (Å²) in [7, 11) is 4.67. The number of nitrogens with two attached hydrogens (primary N) is 1. The summed E-state index contributed by atoms with van der Waals surface area (Å²) in [6.45, 7) is 0. The molecule has 40 heavy (non-hydrogen) atoms. The van der Waals surface area contributed by atoms with E-state index in [1.807, 2.05) is 29.6 Å². The van der Waals surface area contributed by atoms with Crippen molar-refractivity contribution in [1.29, 1.82) is 0 Å². The highest BCUT2D eigenvalue weighted by Gasteiger charge is 2.18. The molecule has 0 saturated carbocycles. The molecule has 3 heterocycles. The van der Waals surface area contributed by atoms with Crippen molar-refractivity contribution in [3.8, 4) is 38.4 Å². The molecule has 3 aromatic heterocycles. The zero-order valence-corrected chi connectivity index (χ0v) is 23.4. The van der Waals surface area contributed by atoms with Crippen LogP contribution < -0.4 is 30.6 Å². The van der Waals surface area contributed by atoms with Crippen LogP contribution in [0.4, 0.5) is 22.3 Å². The third-order valence-corrected chi connectivity index (χ3v) is 7.62. The maximum absolute atomic E-state index is 12.3. The van der Waals surface area contributed by atoms with Gasteiger partial charge in [-0.3, -0.25) is 4.79 Å². The molecule has 0 fully saturated rings. The van der Waals surface area contributed by atoms with Gasteiger partial charge in [-0.05, 0) is 30.3 Å². The molecule has 1 amide bonds. The molecule has 0 spiro atoms. The number of thiazole rings is 2. The summed E-state index contributed by atoms with van der Waals surface area (Å²) in [6.07, 6.45) is 4.58. The molecule has 0 bridgehead atoms. The summed E-state index contributed by atoms with van der Waals surface area (Å²) in [4.78, 5) is 22.3. The number of aromatic nitrogens is 2. The highest BCUT2D eigenvalue weighted by Crippen LogP contribution is 2.43. The third kappa shape index (κ3) is 5.92. The number of hydrogen-bond acceptors (Lipinski definition) is 11. The fourth-order valence-corrected chi connectivity index (χ4v) is 5.64. The van der Waals surface area contributed by atoms with E-state index in [1.54, 1.807) is 57.9 Å². The summed E-state index contributed by atoms with van der Waals surface area (Å²) in [5.74, 6) is 2.24. The van der Waals surface area contributed by atoms with Gasteiger partial charge >= 0.3 is 0 Å². The zero-order chi connectivity index (χ0) is 28.1. The first-order valence-electron chi connectivity index (χ1n) is 11.9. The Morgan fingerprint density at radius 1 is 1.00 bits per heavy atom. The Labute approximate surface area is 238 Å². The molecular formula is C28H25N5O5S2. The fourth-order valence-electron chi connectivity index (χ4n) is 3.81. The van der Waals surface area contributed by atoms with Crippen LogP contribution in [0.1, 0.15) is 5.76 Å². The van der Waals surface area contributed by atoms with Gasteiger partial charge in [-0.15, -0.1) is 11.3 Å². The lowest BCUT2D eigenvalue weighted by molar-refractivity contribution is -0.111. The van der Waals surface area contributed by atoms with Gasteiger partial charge in [0.1, 0.15) is 21.5 Å². The van der Waals surface area contributed by atoms with E-state index in [0.29, 0.717) is 45.3 Å². The maximum Gasteiger partial charge on any atom is 0.248 e. The van der Waals surface area contributed by atoms with Gasteiger partial charge in [0.15, 0.2) is 16.6 Å². The predicted molar refractivity (Wildman–Crippen MR) is 159 cm³/mol. The van der Waals surface area contributed by atoms with Gasteiger partial charge in [0.2, 0.25) is 11.7 Å². The molecular weight excluding hydrogens is 550 g/mol. The van der Waals surface area contributed by atoms with Crippen molar-refractivity contribution in [1.82, 2.24) is 9.97 Å². The minimum Gasteiger partial charge on any atom is -0.493 e. The minimum absolute atomic E-state index is 0.267. The van der Waals surface area contributed by atoms with Gasteiger partial charge in [-0.2, -0.15) is 0 Å². The van der Waals surface area contributed by atoms with Crippen LogP contribution in [0.15, 0.2) is 70.7 Å². The Morgan fingerprint density at radius 2 is 1.80 bits per heavy atom. The molecule has 204 valence electrons. The van der Waals surface area contributed by atoms with Crippen LogP contribution in [0.5, 0.6) is 17.2 Å². The topological polar surface area (TPSA) is 134 Å². The predicted octanol–water partition coefficient (Wildman–Crippen LogP) is 6.53. The molecule has 5 aromatic rings. The number of hydrogen-bond donors (Lipinski definition) is 3. The number of amides is 1. The number of carbonyl (C=O) groups is 1. The van der Waals surface area contributed by atoms with E-state index in [2.05, 4.69) is 15.6 Å². The summed E-state index contributed by atoms with van der Waals surface area (Å²) in [5.41, 5.74) is 9.24. The Bertz CT molecular complexity index is 1630. The molecule has 0 aliphatic heterocycles. The van der Waals surface area contributed by atoms with E-state index < -0.39 is 0 Å². The van der Waals surface area contributed by atoms with E-state index in [4.69, 9.17) is 29.3 Å². The average molecular weight is 576 g/mol. The lowest BCUT2D eigenvalue weighted by Crippen LogP contribution is -2.07. The van der Waals surface area contributed by atoms with Crippen LogP contribution in [0.25, 0.3) is 27.2 Å². The van der Waals surface area contributed by atoms with Crippen molar-refractivity contribution in [2.24, 2.45) is 0 Å². The molecule has 0 atom stereocenters. The molecule has 10 nitrogen and oxygen atoms in total. The van der Waals surface area contributed by atoms with Crippen molar-refractivity contribution in [2.75, 3.05) is 37.7 Å². The molecule has 4 N–H and O–H groups in total. The second-order valence-corrected chi connectivity index (χ2v) is 10.1. The summed E-state index contributed by atoms with van der Waals surface area (Å²) in [5, 5.41) is 9.38. The first-order chi connectivity index (χ1) is 19.5. The Morgan fingerprint density at radius 3 is 2.50 bits per heavy atom. The van der Waals surface area contributed by atoms with Crippen LogP contribution in [0.3, 0.4) is 0 Å². The van der Waals surface area contributed by atoms with Crippen LogP contribution in [-0.2, 0) is 4.79 Å². The van der Waals surface area contributed by atoms with Gasteiger partial charge in [0.25, 0.3) is 0 Å². The van der Waals surface area contributed by atoms with E-state index in [9.17, 15) is 4.79 Å². The van der Waals surface area contributed by atoms with Gasteiger partial charge < -0.3 is 35.0 Å². The number of benzene rings is 2. The van der Waals surface area contributed by atoms with Crippen LogP contribution >= 0.6 is 22.7 Å². The second-order valence-electron chi connectivity index (χ2n) is 8.23.